The summed E-state index contributed by atoms with van der Waals surface area (Å²) in [6.07, 6.45) is 1.86. The number of fused-ring (bicyclic) bond motifs is 1. The van der Waals surface area contributed by atoms with Crippen molar-refractivity contribution in [2.75, 3.05) is 0 Å². The van der Waals surface area contributed by atoms with Crippen LogP contribution in [0.25, 0.3) is 10.9 Å². The number of para-hydroxylation sites is 1. The number of non-ortho nitro benzene ring substituents is 1. The fraction of sp³-hybridized carbons (Fsp3) is 0.211. The molecule has 1 heterocycles. The highest BCUT2D eigenvalue weighted by atomic mass is 16.6. The lowest BCUT2D eigenvalue weighted by atomic mass is 9.85. The number of benzene rings is 2. The van der Waals surface area contributed by atoms with Gasteiger partial charge in [-0.1, -0.05) is 45.0 Å². The summed E-state index contributed by atoms with van der Waals surface area (Å²) in [5.41, 5.74) is -0.399. The van der Waals surface area contributed by atoms with E-state index < -0.39 is 37.6 Å². The van der Waals surface area contributed by atoms with Crippen LogP contribution in [0.4, 0.5) is 17.1 Å². The van der Waals surface area contributed by atoms with Crippen molar-refractivity contribution in [2.45, 2.75) is 26.2 Å². The van der Waals surface area contributed by atoms with Crippen molar-refractivity contribution in [3.63, 3.8) is 0 Å². The van der Waals surface area contributed by atoms with E-state index in [1.165, 1.54) is 10.9 Å². The molecule has 0 saturated carbocycles. The van der Waals surface area contributed by atoms with Gasteiger partial charge in [-0.2, -0.15) is 0 Å². The summed E-state index contributed by atoms with van der Waals surface area (Å²) in [6, 6.07) is 11.4. The number of hydrogen-bond acceptors (Lipinski definition) is 8. The first-order valence-corrected chi connectivity index (χ1v) is 8.58. The molecule has 0 bridgehead atoms. The Bertz CT molecular complexity index is 1100. The standard InChI is InChI=1S/C13H15N.C6H3N3O7/c1-13(2,3)11-8-4-6-10-7-5-9-14-12(10)11;10-6-4(8(13)14)1-3(7(11)12)2-5(6)9(15)16/h4-9H,1-3H3;1-2,10H. The summed E-state index contributed by atoms with van der Waals surface area (Å²) >= 11 is 0. The second-order valence-electron chi connectivity index (χ2n) is 7.23. The summed E-state index contributed by atoms with van der Waals surface area (Å²) in [5.74, 6) is -1.21. The molecule has 0 radical (unpaired) electrons. The lowest BCUT2D eigenvalue weighted by molar-refractivity contribution is -0.404. The van der Waals surface area contributed by atoms with E-state index in [-0.39, 0.29) is 5.41 Å². The second-order valence-corrected chi connectivity index (χ2v) is 7.23. The van der Waals surface area contributed by atoms with Gasteiger partial charge in [-0.3, -0.25) is 35.3 Å². The Labute approximate surface area is 170 Å². The summed E-state index contributed by atoms with van der Waals surface area (Å²) < 4.78 is 0. The van der Waals surface area contributed by atoms with Crippen LogP contribution in [0.2, 0.25) is 0 Å². The number of aromatic nitrogens is 1. The van der Waals surface area contributed by atoms with Crippen molar-refractivity contribution < 1.29 is 19.9 Å². The highest BCUT2D eigenvalue weighted by Gasteiger charge is 2.30. The summed E-state index contributed by atoms with van der Waals surface area (Å²) in [7, 11) is 0. The van der Waals surface area contributed by atoms with Crippen molar-refractivity contribution in [1.82, 2.24) is 4.98 Å². The van der Waals surface area contributed by atoms with Gasteiger partial charge in [0.05, 0.1) is 32.4 Å². The molecule has 0 atom stereocenters. The van der Waals surface area contributed by atoms with E-state index in [1.54, 1.807) is 0 Å². The zero-order valence-corrected chi connectivity index (χ0v) is 16.3. The Morgan fingerprint density at radius 3 is 1.87 bits per heavy atom. The van der Waals surface area contributed by atoms with Crippen molar-refractivity contribution in [3.8, 4) is 5.75 Å². The van der Waals surface area contributed by atoms with Gasteiger partial charge in [-0.05, 0) is 17.0 Å². The first kappa shape index (κ1) is 22.1. The molecule has 0 spiro atoms. The number of aromatic hydroxyl groups is 1. The largest absolute Gasteiger partial charge is 0.497 e. The minimum absolute atomic E-state index is 0.161. The quantitative estimate of drug-likeness (QED) is 0.478. The maximum atomic E-state index is 10.4. The van der Waals surface area contributed by atoms with Crippen molar-refractivity contribution in [3.05, 3.63) is 84.6 Å². The molecule has 1 N–H and O–H groups in total. The maximum Gasteiger partial charge on any atom is 0.324 e. The van der Waals surface area contributed by atoms with Gasteiger partial charge in [-0.25, -0.2) is 0 Å². The molecule has 156 valence electrons. The summed E-state index contributed by atoms with van der Waals surface area (Å²) in [5, 5.41) is 41.4. The highest BCUT2D eigenvalue weighted by molar-refractivity contribution is 5.82. The average Bonchev–Trinajstić information content (AvgIpc) is 2.66. The Hall–Kier alpha value is -4.15. The van der Waals surface area contributed by atoms with Gasteiger partial charge < -0.3 is 5.11 Å². The molecule has 0 fully saturated rings. The number of pyridine rings is 1. The number of nitro groups is 3. The van der Waals surface area contributed by atoms with Crippen LogP contribution in [0, 0.1) is 30.3 Å². The monoisotopic (exact) mass is 414 g/mol. The molecule has 0 saturated heterocycles. The molecule has 11 heteroatoms. The molecule has 0 amide bonds. The predicted molar refractivity (Wildman–Crippen MR) is 109 cm³/mol. The zero-order chi connectivity index (χ0) is 22.6. The number of phenolic OH excluding ortho intramolecular Hbond substituents is 1. The fourth-order valence-corrected chi connectivity index (χ4v) is 2.68. The van der Waals surface area contributed by atoms with Crippen LogP contribution in [-0.4, -0.2) is 24.9 Å². The maximum absolute atomic E-state index is 10.4. The zero-order valence-electron chi connectivity index (χ0n) is 16.3. The van der Waals surface area contributed by atoms with Gasteiger partial charge in [0.1, 0.15) is 0 Å². The van der Waals surface area contributed by atoms with E-state index in [1.807, 2.05) is 12.3 Å². The van der Waals surface area contributed by atoms with Crippen molar-refractivity contribution in [2.24, 2.45) is 0 Å². The number of nitrogens with zero attached hydrogens (tertiary/aromatic N) is 4. The van der Waals surface area contributed by atoms with Gasteiger partial charge in [0.2, 0.25) is 0 Å². The summed E-state index contributed by atoms with van der Waals surface area (Å²) in [4.78, 5) is 32.2. The molecule has 3 aromatic rings. The van der Waals surface area contributed by atoms with E-state index in [0.717, 1.165) is 5.52 Å². The first-order valence-electron chi connectivity index (χ1n) is 8.58. The number of phenols is 1. The van der Waals surface area contributed by atoms with Gasteiger partial charge in [0.15, 0.2) is 0 Å². The van der Waals surface area contributed by atoms with Crippen molar-refractivity contribution >= 4 is 28.0 Å². The molecule has 0 unspecified atom stereocenters. The number of hydrogen-bond donors (Lipinski definition) is 1. The van der Waals surface area contributed by atoms with E-state index in [4.69, 9.17) is 5.11 Å². The Morgan fingerprint density at radius 1 is 0.867 bits per heavy atom. The van der Waals surface area contributed by atoms with Crippen LogP contribution in [-0.2, 0) is 5.41 Å². The molecule has 11 nitrogen and oxygen atoms in total. The SMILES string of the molecule is CC(C)(C)c1cccc2cccnc12.O=[N+]([O-])c1cc([N+](=O)[O-])c(O)c([N+](=O)[O-])c1. The first-order chi connectivity index (χ1) is 13.9. The lowest BCUT2D eigenvalue weighted by Crippen LogP contribution is -2.11. The average molecular weight is 414 g/mol. The predicted octanol–water partition coefficient (Wildman–Crippen LogP) is 4.65. The fourth-order valence-electron chi connectivity index (χ4n) is 2.68. The van der Waals surface area contributed by atoms with Crippen LogP contribution < -0.4 is 0 Å². The van der Waals surface area contributed by atoms with Crippen LogP contribution >= 0.6 is 0 Å². The number of rotatable bonds is 3. The van der Waals surface area contributed by atoms with Gasteiger partial charge in [0, 0.05) is 11.6 Å². The minimum atomic E-state index is -1.21. The smallest absolute Gasteiger partial charge is 0.324 e. The second kappa shape index (κ2) is 8.47. The highest BCUT2D eigenvalue weighted by Crippen LogP contribution is 2.39. The van der Waals surface area contributed by atoms with Gasteiger partial charge in [0.25, 0.3) is 11.4 Å². The van der Waals surface area contributed by atoms with Crippen LogP contribution in [0.3, 0.4) is 0 Å². The van der Waals surface area contributed by atoms with Gasteiger partial charge in [-0.15, -0.1) is 0 Å². The molecule has 1 aromatic heterocycles. The Balaban J connectivity index is 0.000000215. The van der Waals surface area contributed by atoms with Crippen LogP contribution in [0.1, 0.15) is 26.3 Å². The van der Waals surface area contributed by atoms with Crippen LogP contribution in [0.5, 0.6) is 5.75 Å². The molecule has 0 aliphatic carbocycles. The Kier molecular flexibility index (Phi) is 6.25. The third-order valence-corrected chi connectivity index (χ3v) is 4.10. The molecule has 0 aliphatic rings. The van der Waals surface area contributed by atoms with Gasteiger partial charge >= 0.3 is 11.4 Å². The van der Waals surface area contributed by atoms with E-state index in [9.17, 15) is 30.3 Å². The topological polar surface area (TPSA) is 163 Å². The van der Waals surface area contributed by atoms with Crippen molar-refractivity contribution in [1.29, 1.82) is 0 Å². The molecule has 30 heavy (non-hydrogen) atoms. The lowest BCUT2D eigenvalue weighted by Gasteiger charge is -2.20. The Morgan fingerprint density at radius 2 is 1.40 bits per heavy atom. The third-order valence-electron chi connectivity index (χ3n) is 4.10. The molecule has 2 aromatic carbocycles. The third kappa shape index (κ3) is 4.82. The van der Waals surface area contributed by atoms with Crippen LogP contribution in [0.15, 0.2) is 48.7 Å². The normalized spacial score (nSPS) is 10.8. The van der Waals surface area contributed by atoms with E-state index in [2.05, 4.69) is 50.0 Å². The number of nitro benzene ring substituents is 3. The minimum Gasteiger partial charge on any atom is -0.497 e. The summed E-state index contributed by atoms with van der Waals surface area (Å²) in [6.45, 7) is 6.66. The molecular formula is C19H18N4O7. The molecule has 3 rings (SSSR count). The van der Waals surface area contributed by atoms with E-state index in [0.29, 0.717) is 12.1 Å². The van der Waals surface area contributed by atoms with E-state index >= 15 is 0 Å². The molecule has 0 aliphatic heterocycles. The molecular weight excluding hydrogens is 396 g/mol.